The number of rotatable bonds is 2. The van der Waals surface area contributed by atoms with Crippen molar-refractivity contribution < 1.29 is 22.3 Å². The highest BCUT2D eigenvalue weighted by atomic mass is 79.9. The summed E-state index contributed by atoms with van der Waals surface area (Å²) in [5, 5.41) is 0. The Hall–Kier alpha value is -1.31. The summed E-state index contributed by atoms with van der Waals surface area (Å²) < 4.78 is 59.4. The minimum Gasteiger partial charge on any atom is -0.462 e. The van der Waals surface area contributed by atoms with E-state index in [9.17, 15) is 17.6 Å². The molecule has 2 unspecified atom stereocenters. The van der Waals surface area contributed by atoms with Crippen LogP contribution in [0, 0.1) is 5.82 Å². The average molecular weight is 341 g/mol. The molecule has 0 amide bonds. The fraction of sp³-hybridized carbons (Fsp3) is 0.364. The maximum absolute atomic E-state index is 14.0. The van der Waals surface area contributed by atoms with Gasteiger partial charge >= 0.3 is 0 Å². The van der Waals surface area contributed by atoms with Crippen LogP contribution in [0.5, 0.6) is 0 Å². The largest absolute Gasteiger partial charge is 0.462 e. The summed E-state index contributed by atoms with van der Waals surface area (Å²) >= 11 is 3.03. The van der Waals surface area contributed by atoms with Gasteiger partial charge in [-0.05, 0) is 18.2 Å². The Kier molecular flexibility index (Phi) is 3.71. The highest BCUT2D eigenvalue weighted by molar-refractivity contribution is 9.10. The Morgan fingerprint density at radius 1 is 1.47 bits per heavy atom. The average Bonchev–Trinajstić information content (AvgIpc) is 2.35. The molecule has 2 rings (SSSR count). The number of halogens is 5. The summed E-state index contributed by atoms with van der Waals surface area (Å²) in [6, 6.07) is 2.75. The monoisotopic (exact) mass is 340 g/mol. The summed E-state index contributed by atoms with van der Waals surface area (Å²) in [5.74, 6) is -0.982. The van der Waals surface area contributed by atoms with Crippen LogP contribution in [0.15, 0.2) is 27.7 Å². The van der Waals surface area contributed by atoms with Crippen molar-refractivity contribution in [3.05, 3.63) is 34.1 Å². The molecule has 0 aliphatic carbocycles. The fourth-order valence-electron chi connectivity index (χ4n) is 1.91. The van der Waals surface area contributed by atoms with Crippen molar-refractivity contribution >= 4 is 22.0 Å². The maximum atomic E-state index is 14.0. The van der Waals surface area contributed by atoms with Crippen molar-refractivity contribution in [1.29, 1.82) is 0 Å². The third-order valence-corrected chi connectivity index (χ3v) is 3.34. The number of hydrogen-bond acceptors (Lipinski definition) is 3. The van der Waals surface area contributed by atoms with Crippen LogP contribution < -0.4 is 5.73 Å². The van der Waals surface area contributed by atoms with Crippen molar-refractivity contribution in [1.82, 2.24) is 0 Å². The second kappa shape index (κ2) is 4.99. The van der Waals surface area contributed by atoms with E-state index < -0.39 is 42.1 Å². The number of aliphatic imine (C=N–C) groups is 1. The normalized spacial score (nSPS) is 27.1. The summed E-state index contributed by atoms with van der Waals surface area (Å²) in [5.41, 5.74) is 1.99. The van der Waals surface area contributed by atoms with Gasteiger partial charge in [0.15, 0.2) is 11.7 Å². The molecule has 1 aliphatic heterocycles. The lowest BCUT2D eigenvalue weighted by Crippen LogP contribution is -2.50. The molecule has 2 N–H and O–H groups in total. The number of nitrogens with two attached hydrogens (primary N) is 1. The Morgan fingerprint density at radius 3 is 2.79 bits per heavy atom. The zero-order valence-corrected chi connectivity index (χ0v) is 11.0. The summed E-state index contributed by atoms with van der Waals surface area (Å²) in [7, 11) is 0. The summed E-state index contributed by atoms with van der Waals surface area (Å²) in [6.45, 7) is -0.703. The van der Waals surface area contributed by atoms with Crippen LogP contribution in [0.3, 0.4) is 0 Å². The first-order chi connectivity index (χ1) is 8.87. The van der Waals surface area contributed by atoms with Gasteiger partial charge < -0.3 is 10.5 Å². The van der Waals surface area contributed by atoms with Gasteiger partial charge in [0, 0.05) is 10.0 Å². The zero-order valence-electron chi connectivity index (χ0n) is 9.42. The van der Waals surface area contributed by atoms with Gasteiger partial charge in [0.25, 0.3) is 12.4 Å². The number of benzene rings is 1. The predicted molar refractivity (Wildman–Crippen MR) is 64.3 cm³/mol. The topological polar surface area (TPSA) is 47.6 Å². The first kappa shape index (κ1) is 14.1. The number of amidine groups is 1. The van der Waals surface area contributed by atoms with E-state index in [2.05, 4.69) is 25.7 Å². The van der Waals surface area contributed by atoms with E-state index in [4.69, 9.17) is 5.73 Å². The van der Waals surface area contributed by atoms with Crippen molar-refractivity contribution in [3.8, 4) is 0 Å². The number of hydrogen-bond donors (Lipinski definition) is 1. The van der Waals surface area contributed by atoms with Crippen LogP contribution in [0.25, 0.3) is 0 Å². The zero-order chi connectivity index (χ0) is 14.2. The number of alkyl halides is 3. The van der Waals surface area contributed by atoms with E-state index in [1.54, 1.807) is 0 Å². The molecule has 104 valence electrons. The predicted octanol–water partition coefficient (Wildman–Crippen LogP) is 2.73. The van der Waals surface area contributed by atoms with Gasteiger partial charge in [0.05, 0.1) is 0 Å². The van der Waals surface area contributed by atoms with Crippen molar-refractivity contribution in [2.75, 3.05) is 6.61 Å². The van der Waals surface area contributed by atoms with Crippen LogP contribution in [0.4, 0.5) is 17.6 Å². The first-order valence-corrected chi connectivity index (χ1v) is 6.03. The highest BCUT2D eigenvalue weighted by Crippen LogP contribution is 2.42. The Morgan fingerprint density at radius 2 is 2.16 bits per heavy atom. The Labute approximate surface area is 114 Å². The molecule has 0 radical (unpaired) electrons. The van der Waals surface area contributed by atoms with Crippen LogP contribution in [-0.4, -0.2) is 25.2 Å². The van der Waals surface area contributed by atoms with Gasteiger partial charge in [-0.1, -0.05) is 15.9 Å². The molecule has 0 spiro atoms. The summed E-state index contributed by atoms with van der Waals surface area (Å²) in [6.07, 6.45) is -5.47. The van der Waals surface area contributed by atoms with Crippen molar-refractivity contribution in [2.24, 2.45) is 10.7 Å². The molecule has 0 saturated heterocycles. The quantitative estimate of drug-likeness (QED) is 0.841. The lowest BCUT2D eigenvalue weighted by atomic mass is 9.85. The molecule has 1 heterocycles. The smallest absolute Gasteiger partial charge is 0.283 e. The molecule has 0 aromatic heterocycles. The van der Waals surface area contributed by atoms with E-state index in [1.807, 2.05) is 0 Å². The molecule has 0 bridgehead atoms. The third kappa shape index (κ3) is 2.29. The van der Waals surface area contributed by atoms with Crippen molar-refractivity contribution in [3.63, 3.8) is 0 Å². The lowest BCUT2D eigenvalue weighted by Gasteiger charge is -2.35. The van der Waals surface area contributed by atoms with Crippen molar-refractivity contribution in [2.45, 2.75) is 18.1 Å². The van der Waals surface area contributed by atoms with Crippen LogP contribution in [0.1, 0.15) is 5.56 Å². The molecule has 19 heavy (non-hydrogen) atoms. The van der Waals surface area contributed by atoms with E-state index in [-0.39, 0.29) is 0 Å². The van der Waals surface area contributed by atoms with Gasteiger partial charge in [-0.3, -0.25) is 0 Å². The van der Waals surface area contributed by atoms with E-state index in [0.29, 0.717) is 4.47 Å². The Bertz CT molecular complexity index is 525. The summed E-state index contributed by atoms with van der Waals surface area (Å²) in [4.78, 5) is 3.35. The SMILES string of the molecule is NC1=NC(c2cc(Br)ccc2F)(C(F)F)C(F)CO1. The minimum atomic E-state index is -3.27. The molecule has 8 heteroatoms. The lowest BCUT2D eigenvalue weighted by molar-refractivity contribution is -0.0302. The molecule has 3 nitrogen and oxygen atoms in total. The van der Waals surface area contributed by atoms with E-state index >= 15 is 0 Å². The van der Waals surface area contributed by atoms with Gasteiger partial charge in [-0.15, -0.1) is 0 Å². The minimum absolute atomic E-state index is 0.330. The van der Waals surface area contributed by atoms with Crippen LogP contribution in [-0.2, 0) is 10.3 Å². The molecular weight excluding hydrogens is 332 g/mol. The molecular formula is C11H9BrF4N2O. The second-order valence-electron chi connectivity index (χ2n) is 3.98. The first-order valence-electron chi connectivity index (χ1n) is 5.23. The van der Waals surface area contributed by atoms with Crippen LogP contribution >= 0.6 is 15.9 Å². The second-order valence-corrected chi connectivity index (χ2v) is 4.89. The third-order valence-electron chi connectivity index (χ3n) is 2.84. The van der Waals surface area contributed by atoms with Gasteiger partial charge in [0.1, 0.15) is 12.4 Å². The molecule has 2 atom stereocenters. The standard InChI is InChI=1S/C11H9BrF4N2O/c12-5-1-2-7(13)6(3-5)11(9(15)16)8(14)4-19-10(17)18-11/h1-3,8-9H,4H2,(H2,17,18). The van der Waals surface area contributed by atoms with Gasteiger partial charge in [-0.2, -0.15) is 0 Å². The van der Waals surface area contributed by atoms with Crippen LogP contribution in [0.2, 0.25) is 0 Å². The molecule has 1 aliphatic rings. The Balaban J connectivity index is 2.69. The number of nitrogens with zero attached hydrogens (tertiary/aromatic N) is 1. The highest BCUT2D eigenvalue weighted by Gasteiger charge is 2.54. The molecule has 0 saturated carbocycles. The molecule has 1 aromatic carbocycles. The molecule has 1 aromatic rings. The molecule has 0 fully saturated rings. The fourth-order valence-corrected chi connectivity index (χ4v) is 2.27. The van der Waals surface area contributed by atoms with Gasteiger partial charge in [-0.25, -0.2) is 22.6 Å². The maximum Gasteiger partial charge on any atom is 0.283 e. The van der Waals surface area contributed by atoms with Gasteiger partial charge in [0.2, 0.25) is 0 Å². The van der Waals surface area contributed by atoms with E-state index in [0.717, 1.165) is 12.1 Å². The van der Waals surface area contributed by atoms with E-state index in [1.165, 1.54) is 6.07 Å². The number of ether oxygens (including phenoxy) is 1.